The van der Waals surface area contributed by atoms with Gasteiger partial charge < -0.3 is 9.84 Å². The van der Waals surface area contributed by atoms with Crippen molar-refractivity contribution >= 4 is 5.97 Å². The number of carbonyl (C=O) groups is 1. The van der Waals surface area contributed by atoms with Crippen LogP contribution in [-0.2, 0) is 9.53 Å². The maximum Gasteiger partial charge on any atom is 0.399 e. The normalized spacial score (nSPS) is 18.4. The van der Waals surface area contributed by atoms with Crippen LogP contribution in [0, 0.1) is 5.92 Å². The van der Waals surface area contributed by atoms with Crippen molar-refractivity contribution in [3.63, 3.8) is 0 Å². The van der Waals surface area contributed by atoms with Crippen LogP contribution in [0.5, 0.6) is 0 Å². The second kappa shape index (κ2) is 5.79. The van der Waals surface area contributed by atoms with Gasteiger partial charge in [-0.3, -0.25) is 4.79 Å². The van der Waals surface area contributed by atoms with Crippen molar-refractivity contribution in [3.05, 3.63) is 0 Å². The molecule has 0 aliphatic heterocycles. The zero-order chi connectivity index (χ0) is 15.6. The summed E-state index contributed by atoms with van der Waals surface area (Å²) in [6, 6.07) is 0. The van der Waals surface area contributed by atoms with E-state index in [0.717, 1.165) is 25.7 Å². The molecular formula is C11H13F6O3-. The molecular weight excluding hydrogens is 294 g/mol. The molecule has 3 nitrogen and oxygen atoms in total. The van der Waals surface area contributed by atoms with Gasteiger partial charge in [0.25, 0.3) is 0 Å². The van der Waals surface area contributed by atoms with Gasteiger partial charge in [-0.25, -0.2) is 0 Å². The van der Waals surface area contributed by atoms with E-state index in [2.05, 4.69) is 4.74 Å². The fourth-order valence-corrected chi connectivity index (χ4v) is 2.11. The highest BCUT2D eigenvalue weighted by Crippen LogP contribution is 2.41. The van der Waals surface area contributed by atoms with Gasteiger partial charge in [-0.2, -0.15) is 26.3 Å². The molecule has 0 N–H and O–H groups in total. The molecule has 0 unspecified atom stereocenters. The summed E-state index contributed by atoms with van der Waals surface area (Å²) in [6.45, 7) is -0.611. The molecule has 0 aromatic heterocycles. The van der Waals surface area contributed by atoms with E-state index in [-0.39, 0.29) is 12.3 Å². The van der Waals surface area contributed by atoms with Gasteiger partial charge in [0.15, 0.2) is 5.60 Å². The Morgan fingerprint density at radius 2 is 1.50 bits per heavy atom. The van der Waals surface area contributed by atoms with Crippen molar-refractivity contribution in [1.29, 1.82) is 0 Å². The van der Waals surface area contributed by atoms with Crippen LogP contribution >= 0.6 is 0 Å². The molecule has 20 heavy (non-hydrogen) atoms. The van der Waals surface area contributed by atoms with Gasteiger partial charge in [0.2, 0.25) is 0 Å². The van der Waals surface area contributed by atoms with E-state index >= 15 is 0 Å². The van der Waals surface area contributed by atoms with Crippen LogP contribution in [0.4, 0.5) is 26.3 Å². The SMILES string of the molecule is O=C(OCCC1CCCC1)C([O-])(C(F)(F)F)C(F)(F)F. The summed E-state index contributed by atoms with van der Waals surface area (Å²) in [4.78, 5) is 11.0. The lowest BCUT2D eigenvalue weighted by atomic mass is 10.0. The van der Waals surface area contributed by atoms with Crippen LogP contribution in [0.1, 0.15) is 32.1 Å². The maximum absolute atomic E-state index is 12.2. The fraction of sp³-hybridized carbons (Fsp3) is 0.909. The number of esters is 1. The summed E-state index contributed by atoms with van der Waals surface area (Å²) in [6.07, 6.45) is -9.00. The molecule has 0 heterocycles. The van der Waals surface area contributed by atoms with Crippen LogP contribution in [-0.4, -0.2) is 30.5 Å². The lowest BCUT2D eigenvalue weighted by Gasteiger charge is -2.40. The van der Waals surface area contributed by atoms with E-state index in [1.807, 2.05) is 0 Å². The van der Waals surface area contributed by atoms with Crippen LogP contribution < -0.4 is 5.11 Å². The topological polar surface area (TPSA) is 49.4 Å². The third-order valence-corrected chi connectivity index (χ3v) is 3.32. The first-order valence-corrected chi connectivity index (χ1v) is 6.01. The first-order valence-electron chi connectivity index (χ1n) is 6.01. The lowest BCUT2D eigenvalue weighted by Crippen LogP contribution is -2.71. The molecule has 1 fully saturated rings. The Bertz CT molecular complexity index is 329. The van der Waals surface area contributed by atoms with Crippen molar-refractivity contribution < 1.29 is 41.0 Å². The van der Waals surface area contributed by atoms with Gasteiger partial charge in [-0.1, -0.05) is 25.7 Å². The van der Waals surface area contributed by atoms with E-state index in [1.165, 1.54) is 0 Å². The zero-order valence-electron chi connectivity index (χ0n) is 10.3. The molecule has 0 amide bonds. The second-order valence-corrected chi connectivity index (χ2v) is 4.75. The summed E-state index contributed by atoms with van der Waals surface area (Å²) < 4.78 is 77.4. The molecule has 0 radical (unpaired) electrons. The average molecular weight is 307 g/mol. The van der Waals surface area contributed by atoms with Gasteiger partial charge in [0.05, 0.1) is 6.61 Å². The summed E-state index contributed by atoms with van der Waals surface area (Å²) in [7, 11) is 0. The molecule has 9 heteroatoms. The van der Waals surface area contributed by atoms with Crippen LogP contribution in [0.15, 0.2) is 0 Å². The highest BCUT2D eigenvalue weighted by Gasteiger charge is 2.68. The summed E-state index contributed by atoms with van der Waals surface area (Å²) >= 11 is 0. The smallest absolute Gasteiger partial charge is 0.399 e. The second-order valence-electron chi connectivity index (χ2n) is 4.75. The van der Waals surface area contributed by atoms with Crippen molar-refractivity contribution in [3.8, 4) is 0 Å². The van der Waals surface area contributed by atoms with E-state index in [4.69, 9.17) is 0 Å². The number of hydrogen-bond acceptors (Lipinski definition) is 3. The van der Waals surface area contributed by atoms with E-state index in [9.17, 15) is 36.2 Å². The Balaban J connectivity index is 2.65. The quantitative estimate of drug-likeness (QED) is 0.591. The Morgan fingerprint density at radius 1 is 1.05 bits per heavy atom. The first kappa shape index (κ1) is 17.1. The third-order valence-electron chi connectivity index (χ3n) is 3.32. The summed E-state index contributed by atoms with van der Waals surface area (Å²) in [5.74, 6) is -2.73. The van der Waals surface area contributed by atoms with Crippen molar-refractivity contribution in [2.75, 3.05) is 6.61 Å². The first-order chi connectivity index (χ1) is 9.00. The van der Waals surface area contributed by atoms with Gasteiger partial charge in [-0.05, 0) is 12.3 Å². The van der Waals surface area contributed by atoms with Gasteiger partial charge in [0, 0.05) is 0 Å². The number of hydrogen-bond donors (Lipinski definition) is 0. The van der Waals surface area contributed by atoms with Gasteiger partial charge >= 0.3 is 18.3 Å². The number of rotatable bonds is 4. The highest BCUT2D eigenvalue weighted by atomic mass is 19.4. The predicted molar refractivity (Wildman–Crippen MR) is 52.4 cm³/mol. The van der Waals surface area contributed by atoms with Gasteiger partial charge in [-0.15, -0.1) is 0 Å². The minimum absolute atomic E-state index is 0.112. The molecule has 0 atom stereocenters. The Morgan fingerprint density at radius 3 is 1.90 bits per heavy atom. The zero-order valence-corrected chi connectivity index (χ0v) is 10.3. The molecule has 0 bridgehead atoms. The minimum Gasteiger partial charge on any atom is -0.828 e. The molecule has 0 aromatic rings. The van der Waals surface area contributed by atoms with Crippen LogP contribution in [0.25, 0.3) is 0 Å². The molecule has 0 spiro atoms. The molecule has 1 saturated carbocycles. The Labute approximate surface area is 110 Å². The number of halogens is 6. The third kappa shape index (κ3) is 3.36. The standard InChI is InChI=1S/C11H13F6O3/c12-10(13,14)9(19,11(15,16)17)8(18)20-6-5-7-3-1-2-4-7/h7H,1-6H2/q-1. The number of ether oxygens (including phenoxy) is 1. The van der Waals surface area contributed by atoms with E-state index < -0.39 is 30.5 Å². The molecule has 0 saturated heterocycles. The Hall–Kier alpha value is -0.990. The predicted octanol–water partition coefficient (Wildman–Crippen LogP) is 2.33. The largest absolute Gasteiger partial charge is 0.828 e. The summed E-state index contributed by atoms with van der Waals surface area (Å²) in [5.41, 5.74) is -5.73. The van der Waals surface area contributed by atoms with E-state index in [1.54, 1.807) is 0 Å². The Kier molecular flexibility index (Phi) is 4.94. The summed E-state index contributed by atoms with van der Waals surface area (Å²) in [5, 5.41) is 10.9. The lowest BCUT2D eigenvalue weighted by molar-refractivity contribution is -0.574. The fourth-order valence-electron chi connectivity index (χ4n) is 2.11. The number of carbonyl (C=O) groups excluding carboxylic acids is 1. The maximum atomic E-state index is 12.2. The van der Waals surface area contributed by atoms with E-state index in [0.29, 0.717) is 0 Å². The molecule has 1 aliphatic carbocycles. The van der Waals surface area contributed by atoms with Crippen molar-refractivity contribution in [2.24, 2.45) is 5.92 Å². The van der Waals surface area contributed by atoms with Crippen LogP contribution in [0.2, 0.25) is 0 Å². The molecule has 118 valence electrons. The molecule has 1 aliphatic rings. The highest BCUT2D eigenvalue weighted by molar-refractivity contribution is 5.81. The monoisotopic (exact) mass is 307 g/mol. The number of alkyl halides is 6. The van der Waals surface area contributed by atoms with Crippen molar-refractivity contribution in [2.45, 2.75) is 50.1 Å². The molecule has 0 aromatic carbocycles. The van der Waals surface area contributed by atoms with Gasteiger partial charge in [0.1, 0.15) is 0 Å². The molecule has 1 rings (SSSR count). The average Bonchev–Trinajstić information content (AvgIpc) is 2.77. The van der Waals surface area contributed by atoms with Crippen LogP contribution in [0.3, 0.4) is 0 Å². The minimum atomic E-state index is -6.30. The van der Waals surface area contributed by atoms with Crippen molar-refractivity contribution in [1.82, 2.24) is 0 Å².